The number of nitrogens with one attached hydrogen (secondary N) is 1. The highest BCUT2D eigenvalue weighted by Crippen LogP contribution is 2.15. The molecule has 0 saturated carbocycles. The molecule has 2 aromatic rings. The number of aromatic nitrogens is 2. The fourth-order valence-corrected chi connectivity index (χ4v) is 1.85. The first kappa shape index (κ1) is 11.0. The van der Waals surface area contributed by atoms with Crippen molar-refractivity contribution in [1.82, 2.24) is 9.59 Å². The Hall–Kier alpha value is -1.49. The Morgan fingerprint density at radius 1 is 1.44 bits per heavy atom. The summed E-state index contributed by atoms with van der Waals surface area (Å²) in [6, 6.07) is 5.19. The van der Waals surface area contributed by atoms with Gasteiger partial charge in [-0.1, -0.05) is 17.5 Å². The summed E-state index contributed by atoms with van der Waals surface area (Å²) in [5.74, 6) is -0.163. The molecule has 0 spiro atoms. The highest BCUT2D eigenvalue weighted by atomic mass is 32.1. The van der Waals surface area contributed by atoms with Crippen molar-refractivity contribution in [2.24, 2.45) is 0 Å². The lowest BCUT2D eigenvalue weighted by Gasteiger charge is -2.06. The van der Waals surface area contributed by atoms with Crippen LogP contribution in [0.1, 0.15) is 18.2 Å². The van der Waals surface area contributed by atoms with Gasteiger partial charge in [-0.2, -0.15) is 0 Å². The lowest BCUT2D eigenvalue weighted by atomic mass is 10.1. The van der Waals surface area contributed by atoms with Crippen molar-refractivity contribution in [3.63, 3.8) is 0 Å². The maximum absolute atomic E-state index is 13.5. The predicted octanol–water partition coefficient (Wildman–Crippen LogP) is 2.85. The van der Waals surface area contributed by atoms with E-state index >= 15 is 0 Å². The van der Waals surface area contributed by atoms with Crippen LogP contribution in [0.3, 0.4) is 0 Å². The Balaban J connectivity index is 2.02. The average molecular weight is 237 g/mol. The zero-order chi connectivity index (χ0) is 11.4. The first-order valence-corrected chi connectivity index (χ1v) is 5.91. The second kappa shape index (κ2) is 5.03. The summed E-state index contributed by atoms with van der Waals surface area (Å²) in [5, 5.41) is 8.87. The molecule has 0 aliphatic rings. The highest BCUT2D eigenvalue weighted by molar-refractivity contribution is 7.03. The van der Waals surface area contributed by atoms with E-state index in [4.69, 9.17) is 0 Å². The van der Waals surface area contributed by atoms with Gasteiger partial charge in [0.1, 0.15) is 5.82 Å². The molecule has 16 heavy (non-hydrogen) atoms. The molecule has 0 atom stereocenters. The molecule has 84 valence electrons. The maximum Gasteiger partial charge on any atom is 0.128 e. The van der Waals surface area contributed by atoms with E-state index < -0.39 is 0 Å². The summed E-state index contributed by atoms with van der Waals surface area (Å²) >= 11 is 1.31. The van der Waals surface area contributed by atoms with E-state index in [-0.39, 0.29) is 5.82 Å². The molecule has 1 N–H and O–H groups in total. The van der Waals surface area contributed by atoms with Gasteiger partial charge in [-0.05, 0) is 35.6 Å². The fourth-order valence-electron chi connectivity index (χ4n) is 1.40. The second-order valence-corrected chi connectivity index (χ2v) is 4.02. The molecule has 1 aromatic heterocycles. The van der Waals surface area contributed by atoms with Crippen molar-refractivity contribution in [1.29, 1.82) is 0 Å². The number of benzene rings is 1. The normalized spacial score (nSPS) is 10.4. The number of rotatable bonds is 4. The van der Waals surface area contributed by atoms with Gasteiger partial charge in [-0.15, -0.1) is 5.10 Å². The predicted molar refractivity (Wildman–Crippen MR) is 63.0 cm³/mol. The monoisotopic (exact) mass is 237 g/mol. The molecular formula is C11H12FN3S. The van der Waals surface area contributed by atoms with Gasteiger partial charge in [0.05, 0.1) is 12.2 Å². The summed E-state index contributed by atoms with van der Waals surface area (Å²) in [6.45, 7) is 2.51. The van der Waals surface area contributed by atoms with Gasteiger partial charge >= 0.3 is 0 Å². The number of hydrogen-bond acceptors (Lipinski definition) is 4. The Kier molecular flexibility index (Phi) is 3.46. The number of aryl methyl sites for hydroxylation is 1. The zero-order valence-corrected chi connectivity index (χ0v) is 9.72. The van der Waals surface area contributed by atoms with Crippen molar-refractivity contribution < 1.29 is 4.39 Å². The van der Waals surface area contributed by atoms with Gasteiger partial charge < -0.3 is 5.32 Å². The number of anilines is 1. The van der Waals surface area contributed by atoms with Gasteiger partial charge in [0.15, 0.2) is 0 Å². The van der Waals surface area contributed by atoms with Crippen molar-refractivity contribution in [2.75, 3.05) is 5.32 Å². The van der Waals surface area contributed by atoms with Crippen molar-refractivity contribution in [3.8, 4) is 0 Å². The SMILES string of the molecule is CCc1ccc(NCc2csnn2)cc1F. The molecule has 0 bridgehead atoms. The molecule has 2 rings (SSSR count). The topological polar surface area (TPSA) is 37.8 Å². The molecule has 3 nitrogen and oxygen atoms in total. The number of hydrogen-bond donors (Lipinski definition) is 1. The Morgan fingerprint density at radius 2 is 2.31 bits per heavy atom. The standard InChI is InChI=1S/C11H12FN3S/c1-2-8-3-4-9(5-11(8)12)13-6-10-7-16-15-14-10/h3-5,7,13H,2,6H2,1H3. The summed E-state index contributed by atoms with van der Waals surface area (Å²) in [6.07, 6.45) is 0.710. The minimum absolute atomic E-state index is 0.163. The van der Waals surface area contributed by atoms with E-state index in [0.717, 1.165) is 16.9 Å². The molecule has 5 heteroatoms. The van der Waals surface area contributed by atoms with E-state index in [1.807, 2.05) is 18.4 Å². The van der Waals surface area contributed by atoms with Gasteiger partial charge in [0, 0.05) is 11.1 Å². The lowest BCUT2D eigenvalue weighted by Crippen LogP contribution is -2.00. The minimum Gasteiger partial charge on any atom is -0.379 e. The Bertz CT molecular complexity index is 456. The van der Waals surface area contributed by atoms with Crippen molar-refractivity contribution in [3.05, 3.63) is 40.7 Å². The first-order chi connectivity index (χ1) is 7.79. The quantitative estimate of drug-likeness (QED) is 0.888. The van der Waals surface area contributed by atoms with E-state index in [9.17, 15) is 4.39 Å². The average Bonchev–Trinajstić information content (AvgIpc) is 2.79. The van der Waals surface area contributed by atoms with Crippen LogP contribution >= 0.6 is 11.5 Å². The first-order valence-electron chi connectivity index (χ1n) is 5.08. The largest absolute Gasteiger partial charge is 0.379 e. The summed E-state index contributed by atoms with van der Waals surface area (Å²) in [5.41, 5.74) is 2.37. The van der Waals surface area contributed by atoms with E-state index in [2.05, 4.69) is 14.9 Å². The molecule has 0 saturated heterocycles. The van der Waals surface area contributed by atoms with Crippen LogP contribution in [0.5, 0.6) is 0 Å². The Labute approximate surface area is 97.5 Å². The third kappa shape index (κ3) is 2.55. The van der Waals surface area contributed by atoms with Crippen LogP contribution in [0.25, 0.3) is 0 Å². The minimum atomic E-state index is -0.163. The highest BCUT2D eigenvalue weighted by Gasteiger charge is 2.02. The fraction of sp³-hybridized carbons (Fsp3) is 0.273. The summed E-state index contributed by atoms with van der Waals surface area (Å²) in [4.78, 5) is 0. The van der Waals surface area contributed by atoms with Gasteiger partial charge in [-0.25, -0.2) is 4.39 Å². The molecule has 0 aliphatic carbocycles. The van der Waals surface area contributed by atoms with Crippen LogP contribution in [0.2, 0.25) is 0 Å². The molecule has 0 aliphatic heterocycles. The molecule has 0 radical (unpaired) electrons. The zero-order valence-electron chi connectivity index (χ0n) is 8.90. The van der Waals surface area contributed by atoms with Crippen LogP contribution < -0.4 is 5.32 Å². The summed E-state index contributed by atoms with van der Waals surface area (Å²) in [7, 11) is 0. The maximum atomic E-state index is 13.5. The molecular weight excluding hydrogens is 225 g/mol. The summed E-state index contributed by atoms with van der Waals surface area (Å²) < 4.78 is 17.2. The van der Waals surface area contributed by atoms with Crippen molar-refractivity contribution >= 4 is 17.2 Å². The van der Waals surface area contributed by atoms with Crippen LogP contribution in [0, 0.1) is 5.82 Å². The molecule has 0 unspecified atom stereocenters. The van der Waals surface area contributed by atoms with Crippen LogP contribution in [-0.4, -0.2) is 9.59 Å². The second-order valence-electron chi connectivity index (χ2n) is 3.41. The molecule has 1 aromatic carbocycles. The Morgan fingerprint density at radius 3 is 2.94 bits per heavy atom. The van der Waals surface area contributed by atoms with Crippen LogP contribution in [0.15, 0.2) is 23.6 Å². The van der Waals surface area contributed by atoms with Crippen LogP contribution in [-0.2, 0) is 13.0 Å². The lowest BCUT2D eigenvalue weighted by molar-refractivity contribution is 0.612. The molecule has 0 fully saturated rings. The van der Waals surface area contributed by atoms with E-state index in [1.165, 1.54) is 17.6 Å². The number of nitrogens with zero attached hydrogens (tertiary/aromatic N) is 2. The van der Waals surface area contributed by atoms with Crippen LogP contribution in [0.4, 0.5) is 10.1 Å². The third-order valence-corrected chi connectivity index (χ3v) is 2.87. The van der Waals surface area contributed by atoms with Gasteiger partial charge in [0.25, 0.3) is 0 Å². The third-order valence-electron chi connectivity index (χ3n) is 2.31. The van der Waals surface area contributed by atoms with E-state index in [0.29, 0.717) is 13.0 Å². The van der Waals surface area contributed by atoms with Crippen molar-refractivity contribution in [2.45, 2.75) is 19.9 Å². The smallest absolute Gasteiger partial charge is 0.128 e. The van der Waals surface area contributed by atoms with Gasteiger partial charge in [-0.3, -0.25) is 0 Å². The molecule has 1 heterocycles. The van der Waals surface area contributed by atoms with Gasteiger partial charge in [0.2, 0.25) is 0 Å². The number of halogens is 1. The molecule has 0 amide bonds. The van der Waals surface area contributed by atoms with E-state index in [1.54, 1.807) is 6.07 Å².